The first-order valence-electron chi connectivity index (χ1n) is 5.99. The van der Waals surface area contributed by atoms with E-state index < -0.39 is 0 Å². The van der Waals surface area contributed by atoms with Crippen molar-refractivity contribution in [2.24, 2.45) is 11.7 Å². The lowest BCUT2D eigenvalue weighted by Gasteiger charge is -2.10. The van der Waals surface area contributed by atoms with Gasteiger partial charge < -0.3 is 5.73 Å². The quantitative estimate of drug-likeness (QED) is 0.843. The molecular weight excluding hydrogens is 198 g/mol. The van der Waals surface area contributed by atoms with Gasteiger partial charge in [-0.1, -0.05) is 24.3 Å². The molecule has 2 heteroatoms. The fourth-order valence-corrected chi connectivity index (χ4v) is 2.45. The summed E-state index contributed by atoms with van der Waals surface area (Å²) in [4.78, 5) is 12.1. The molecule has 1 saturated carbocycles. The van der Waals surface area contributed by atoms with E-state index in [2.05, 4.69) is 13.0 Å². The lowest BCUT2D eigenvalue weighted by Crippen LogP contribution is -2.19. The second-order valence-corrected chi connectivity index (χ2v) is 4.84. The van der Waals surface area contributed by atoms with Crippen LogP contribution in [0, 0.1) is 12.8 Å². The van der Waals surface area contributed by atoms with Crippen molar-refractivity contribution in [3.05, 3.63) is 35.4 Å². The Bertz CT molecular complexity index is 386. The fourth-order valence-electron chi connectivity index (χ4n) is 2.45. The molecule has 1 fully saturated rings. The molecule has 2 atom stereocenters. The van der Waals surface area contributed by atoms with E-state index in [4.69, 9.17) is 5.73 Å². The molecule has 0 aliphatic heterocycles. The molecule has 0 amide bonds. The van der Waals surface area contributed by atoms with E-state index in [0.717, 1.165) is 24.8 Å². The van der Waals surface area contributed by atoms with Gasteiger partial charge in [0.25, 0.3) is 0 Å². The van der Waals surface area contributed by atoms with Gasteiger partial charge in [-0.3, -0.25) is 4.79 Å². The minimum absolute atomic E-state index is 0.203. The van der Waals surface area contributed by atoms with Gasteiger partial charge in [0, 0.05) is 18.4 Å². The van der Waals surface area contributed by atoms with Crippen molar-refractivity contribution in [2.75, 3.05) is 0 Å². The van der Waals surface area contributed by atoms with Crippen molar-refractivity contribution in [1.82, 2.24) is 0 Å². The molecule has 2 N–H and O–H groups in total. The second kappa shape index (κ2) is 4.79. The Morgan fingerprint density at radius 3 is 2.75 bits per heavy atom. The molecule has 1 aliphatic carbocycles. The Balaban J connectivity index is 2.00. The molecule has 1 aromatic rings. The molecule has 2 rings (SSSR count). The van der Waals surface area contributed by atoms with Crippen LogP contribution in [-0.2, 0) is 11.2 Å². The molecule has 86 valence electrons. The highest BCUT2D eigenvalue weighted by Crippen LogP contribution is 2.26. The Hall–Kier alpha value is -1.15. The number of Topliss-reactive ketones (excluding diaryl/α,β-unsaturated/α-hetero) is 1. The van der Waals surface area contributed by atoms with E-state index in [9.17, 15) is 4.79 Å². The summed E-state index contributed by atoms with van der Waals surface area (Å²) in [5.41, 5.74) is 8.20. The zero-order valence-corrected chi connectivity index (χ0v) is 9.78. The SMILES string of the molecule is Cc1ccccc1CC(=O)C1CCC(N)C1. The van der Waals surface area contributed by atoms with Crippen LogP contribution in [0.4, 0.5) is 0 Å². The zero-order chi connectivity index (χ0) is 11.5. The molecule has 0 spiro atoms. The average Bonchev–Trinajstić information content (AvgIpc) is 2.68. The van der Waals surface area contributed by atoms with Crippen molar-refractivity contribution < 1.29 is 4.79 Å². The molecule has 1 aromatic carbocycles. The Morgan fingerprint density at radius 2 is 2.12 bits per heavy atom. The molecule has 0 aromatic heterocycles. The minimum Gasteiger partial charge on any atom is -0.328 e. The summed E-state index contributed by atoms with van der Waals surface area (Å²) in [7, 11) is 0. The minimum atomic E-state index is 0.203. The number of rotatable bonds is 3. The third-order valence-electron chi connectivity index (χ3n) is 3.55. The number of aryl methyl sites for hydroxylation is 1. The molecule has 0 saturated heterocycles. The summed E-state index contributed by atoms with van der Waals surface area (Å²) in [5, 5.41) is 0. The van der Waals surface area contributed by atoms with Crippen LogP contribution >= 0.6 is 0 Å². The molecule has 16 heavy (non-hydrogen) atoms. The van der Waals surface area contributed by atoms with Crippen LogP contribution in [0.25, 0.3) is 0 Å². The van der Waals surface area contributed by atoms with Gasteiger partial charge in [-0.2, -0.15) is 0 Å². The monoisotopic (exact) mass is 217 g/mol. The largest absolute Gasteiger partial charge is 0.328 e. The van der Waals surface area contributed by atoms with E-state index in [1.165, 1.54) is 5.56 Å². The first-order chi connectivity index (χ1) is 7.66. The third-order valence-corrected chi connectivity index (χ3v) is 3.55. The van der Waals surface area contributed by atoms with E-state index in [0.29, 0.717) is 12.2 Å². The summed E-state index contributed by atoms with van der Waals surface area (Å²) in [6, 6.07) is 8.35. The summed E-state index contributed by atoms with van der Waals surface area (Å²) >= 11 is 0. The Morgan fingerprint density at radius 1 is 1.38 bits per heavy atom. The number of ketones is 1. The van der Waals surface area contributed by atoms with Gasteiger partial charge in [-0.05, 0) is 37.3 Å². The van der Waals surface area contributed by atoms with Crippen LogP contribution in [0.1, 0.15) is 30.4 Å². The van der Waals surface area contributed by atoms with Gasteiger partial charge in [0.05, 0.1) is 0 Å². The van der Waals surface area contributed by atoms with Crippen molar-refractivity contribution in [3.8, 4) is 0 Å². The first kappa shape index (κ1) is 11.3. The van der Waals surface area contributed by atoms with Crippen molar-refractivity contribution in [1.29, 1.82) is 0 Å². The van der Waals surface area contributed by atoms with Crippen LogP contribution in [0.5, 0.6) is 0 Å². The van der Waals surface area contributed by atoms with Crippen molar-refractivity contribution in [3.63, 3.8) is 0 Å². The maximum Gasteiger partial charge on any atom is 0.140 e. The molecule has 0 bridgehead atoms. The average molecular weight is 217 g/mol. The Labute approximate surface area is 96.8 Å². The van der Waals surface area contributed by atoms with E-state index in [1.807, 2.05) is 18.2 Å². The van der Waals surface area contributed by atoms with Gasteiger partial charge in [0.2, 0.25) is 0 Å². The predicted molar refractivity (Wildman–Crippen MR) is 65.2 cm³/mol. The van der Waals surface area contributed by atoms with Crippen LogP contribution in [0.15, 0.2) is 24.3 Å². The number of nitrogens with two attached hydrogens (primary N) is 1. The van der Waals surface area contributed by atoms with Gasteiger partial charge in [0.15, 0.2) is 0 Å². The molecule has 0 radical (unpaired) electrons. The van der Waals surface area contributed by atoms with E-state index in [-0.39, 0.29) is 12.0 Å². The van der Waals surface area contributed by atoms with Gasteiger partial charge in [-0.25, -0.2) is 0 Å². The topological polar surface area (TPSA) is 43.1 Å². The van der Waals surface area contributed by atoms with Crippen molar-refractivity contribution >= 4 is 5.78 Å². The maximum atomic E-state index is 12.1. The Kier molecular flexibility index (Phi) is 3.39. The van der Waals surface area contributed by atoms with Gasteiger partial charge in [0.1, 0.15) is 5.78 Å². The molecule has 2 nitrogen and oxygen atoms in total. The number of hydrogen-bond donors (Lipinski definition) is 1. The zero-order valence-electron chi connectivity index (χ0n) is 9.78. The number of carbonyl (C=O) groups excluding carboxylic acids is 1. The van der Waals surface area contributed by atoms with Crippen molar-refractivity contribution in [2.45, 2.75) is 38.6 Å². The molecular formula is C14H19NO. The summed E-state index contributed by atoms with van der Waals surface area (Å²) in [6.45, 7) is 2.06. The van der Waals surface area contributed by atoms with Crippen LogP contribution in [0.3, 0.4) is 0 Å². The highest BCUT2D eigenvalue weighted by Gasteiger charge is 2.27. The number of carbonyl (C=O) groups is 1. The first-order valence-corrected chi connectivity index (χ1v) is 5.99. The summed E-state index contributed by atoms with van der Waals surface area (Å²) in [6.07, 6.45) is 3.44. The van der Waals surface area contributed by atoms with Gasteiger partial charge in [-0.15, -0.1) is 0 Å². The normalized spacial score (nSPS) is 24.6. The third kappa shape index (κ3) is 2.50. The van der Waals surface area contributed by atoms with Crippen LogP contribution < -0.4 is 5.73 Å². The van der Waals surface area contributed by atoms with E-state index in [1.54, 1.807) is 0 Å². The van der Waals surface area contributed by atoms with Crippen LogP contribution in [-0.4, -0.2) is 11.8 Å². The molecule has 1 aliphatic rings. The standard InChI is InChI=1S/C14H19NO/c1-10-4-2-3-5-11(10)9-14(16)12-6-7-13(15)8-12/h2-5,12-13H,6-9,15H2,1H3. The van der Waals surface area contributed by atoms with Crippen LogP contribution in [0.2, 0.25) is 0 Å². The summed E-state index contributed by atoms with van der Waals surface area (Å²) < 4.78 is 0. The fraction of sp³-hybridized carbons (Fsp3) is 0.500. The number of hydrogen-bond acceptors (Lipinski definition) is 2. The highest BCUT2D eigenvalue weighted by molar-refractivity contribution is 5.83. The van der Waals surface area contributed by atoms with E-state index >= 15 is 0 Å². The van der Waals surface area contributed by atoms with Gasteiger partial charge >= 0.3 is 0 Å². The maximum absolute atomic E-state index is 12.1. The second-order valence-electron chi connectivity index (χ2n) is 4.84. The molecule has 2 unspecified atom stereocenters. The predicted octanol–water partition coefficient (Wildman–Crippen LogP) is 2.23. The lowest BCUT2D eigenvalue weighted by atomic mass is 9.94. The lowest BCUT2D eigenvalue weighted by molar-refractivity contribution is -0.122. The summed E-state index contributed by atoms with van der Waals surface area (Å²) in [5.74, 6) is 0.567. The highest BCUT2D eigenvalue weighted by atomic mass is 16.1. The molecule has 0 heterocycles. The smallest absolute Gasteiger partial charge is 0.140 e. The number of benzene rings is 1.